The number of nitrogens with one attached hydrogen (secondary N) is 1. The lowest BCUT2D eigenvalue weighted by Gasteiger charge is -2.36. The standard InChI is InChI=1S/C16H23N5/c1-4-7-17-13-9-16(2,3)10-14-12(13)11-19-21(14)15-6-5-8-18-20-15/h5-6,8,11,13,17H,4,7,9-10H2,1-3H3. The molecular weight excluding hydrogens is 262 g/mol. The molecule has 1 N–H and O–H groups in total. The van der Waals surface area contributed by atoms with Crippen molar-refractivity contribution in [3.8, 4) is 5.82 Å². The Hall–Kier alpha value is -1.75. The summed E-state index contributed by atoms with van der Waals surface area (Å²) in [7, 11) is 0. The van der Waals surface area contributed by atoms with E-state index in [2.05, 4.69) is 41.4 Å². The molecule has 2 aromatic rings. The first-order valence-corrected chi connectivity index (χ1v) is 7.69. The normalized spacial score (nSPS) is 20.2. The zero-order chi connectivity index (χ0) is 14.9. The molecule has 21 heavy (non-hydrogen) atoms. The number of fused-ring (bicyclic) bond motifs is 1. The van der Waals surface area contributed by atoms with Crippen LogP contribution in [0.5, 0.6) is 0 Å². The maximum absolute atomic E-state index is 4.57. The molecule has 2 aromatic heterocycles. The molecule has 1 unspecified atom stereocenters. The fourth-order valence-corrected chi connectivity index (χ4v) is 3.15. The monoisotopic (exact) mass is 285 g/mol. The molecule has 5 nitrogen and oxygen atoms in total. The third-order valence-electron chi connectivity index (χ3n) is 4.10. The molecule has 5 heteroatoms. The molecule has 112 valence electrons. The van der Waals surface area contributed by atoms with Gasteiger partial charge in [-0.1, -0.05) is 20.8 Å². The van der Waals surface area contributed by atoms with Crippen LogP contribution in [0.25, 0.3) is 5.82 Å². The molecule has 1 aliphatic rings. The average Bonchev–Trinajstić information content (AvgIpc) is 2.88. The number of hydrogen-bond donors (Lipinski definition) is 1. The van der Waals surface area contributed by atoms with E-state index >= 15 is 0 Å². The molecule has 0 aromatic carbocycles. The summed E-state index contributed by atoms with van der Waals surface area (Å²) >= 11 is 0. The lowest BCUT2D eigenvalue weighted by atomic mass is 9.74. The Morgan fingerprint density at radius 3 is 3.00 bits per heavy atom. The van der Waals surface area contributed by atoms with Crippen molar-refractivity contribution in [1.29, 1.82) is 0 Å². The lowest BCUT2D eigenvalue weighted by molar-refractivity contribution is 0.254. The Labute approximate surface area is 125 Å². The highest BCUT2D eigenvalue weighted by molar-refractivity contribution is 5.33. The molecule has 2 heterocycles. The second kappa shape index (κ2) is 5.56. The van der Waals surface area contributed by atoms with E-state index in [1.54, 1.807) is 6.20 Å². The van der Waals surface area contributed by atoms with Crippen molar-refractivity contribution in [3.05, 3.63) is 35.8 Å². The Morgan fingerprint density at radius 2 is 2.29 bits per heavy atom. The van der Waals surface area contributed by atoms with Crippen LogP contribution in [-0.2, 0) is 6.42 Å². The summed E-state index contributed by atoms with van der Waals surface area (Å²) in [4.78, 5) is 0. The van der Waals surface area contributed by atoms with Crippen molar-refractivity contribution < 1.29 is 0 Å². The Bertz CT molecular complexity index is 602. The largest absolute Gasteiger partial charge is 0.310 e. The Morgan fingerprint density at radius 1 is 1.43 bits per heavy atom. The summed E-state index contributed by atoms with van der Waals surface area (Å²) in [5.41, 5.74) is 2.84. The minimum Gasteiger partial charge on any atom is -0.310 e. The van der Waals surface area contributed by atoms with Gasteiger partial charge in [0, 0.05) is 17.8 Å². The van der Waals surface area contributed by atoms with Crippen LogP contribution in [0.4, 0.5) is 0 Å². The van der Waals surface area contributed by atoms with E-state index in [9.17, 15) is 0 Å². The van der Waals surface area contributed by atoms with Gasteiger partial charge in [0.1, 0.15) is 0 Å². The van der Waals surface area contributed by atoms with Gasteiger partial charge in [-0.2, -0.15) is 10.2 Å². The van der Waals surface area contributed by atoms with Crippen LogP contribution in [0.3, 0.4) is 0 Å². The lowest BCUT2D eigenvalue weighted by Crippen LogP contribution is -2.34. The fraction of sp³-hybridized carbons (Fsp3) is 0.562. The topological polar surface area (TPSA) is 55.6 Å². The minimum atomic E-state index is 0.262. The van der Waals surface area contributed by atoms with Gasteiger partial charge in [-0.15, -0.1) is 5.10 Å². The molecule has 0 amide bonds. The van der Waals surface area contributed by atoms with Gasteiger partial charge < -0.3 is 5.32 Å². The van der Waals surface area contributed by atoms with E-state index in [0.29, 0.717) is 6.04 Å². The van der Waals surface area contributed by atoms with Gasteiger partial charge in [-0.25, -0.2) is 4.68 Å². The van der Waals surface area contributed by atoms with Crippen molar-refractivity contribution in [2.75, 3.05) is 6.54 Å². The number of rotatable bonds is 4. The zero-order valence-electron chi connectivity index (χ0n) is 13.0. The number of hydrogen-bond acceptors (Lipinski definition) is 4. The van der Waals surface area contributed by atoms with E-state index in [4.69, 9.17) is 0 Å². The number of nitrogens with zero attached hydrogens (tertiary/aromatic N) is 4. The summed E-state index contributed by atoms with van der Waals surface area (Å²) in [5, 5.41) is 16.4. The summed E-state index contributed by atoms with van der Waals surface area (Å²) < 4.78 is 1.95. The number of aromatic nitrogens is 4. The SMILES string of the molecule is CCCNC1CC(C)(C)Cc2c1cnn2-c1cccnn1. The molecule has 0 spiro atoms. The highest BCUT2D eigenvalue weighted by atomic mass is 15.3. The van der Waals surface area contributed by atoms with Crippen molar-refractivity contribution in [3.63, 3.8) is 0 Å². The predicted octanol–water partition coefficient (Wildman–Crippen LogP) is 2.68. The van der Waals surface area contributed by atoms with Crippen LogP contribution >= 0.6 is 0 Å². The Kier molecular flexibility index (Phi) is 3.76. The van der Waals surface area contributed by atoms with Crippen LogP contribution in [0.15, 0.2) is 24.5 Å². The van der Waals surface area contributed by atoms with Crippen molar-refractivity contribution in [2.45, 2.75) is 46.1 Å². The predicted molar refractivity (Wildman–Crippen MR) is 82.3 cm³/mol. The van der Waals surface area contributed by atoms with E-state index < -0.39 is 0 Å². The Balaban J connectivity index is 2.00. The van der Waals surface area contributed by atoms with Gasteiger partial charge in [-0.3, -0.25) is 0 Å². The van der Waals surface area contributed by atoms with Crippen molar-refractivity contribution >= 4 is 0 Å². The summed E-state index contributed by atoms with van der Waals surface area (Å²) in [5.74, 6) is 0.797. The van der Waals surface area contributed by atoms with Crippen molar-refractivity contribution in [2.24, 2.45) is 5.41 Å². The summed E-state index contributed by atoms with van der Waals surface area (Å²) in [6.07, 6.45) is 6.99. The van der Waals surface area contributed by atoms with Crippen LogP contribution in [0, 0.1) is 5.41 Å². The third-order valence-corrected chi connectivity index (χ3v) is 4.10. The van der Waals surface area contributed by atoms with Gasteiger partial charge in [0.25, 0.3) is 0 Å². The molecule has 1 atom stereocenters. The summed E-state index contributed by atoms with van der Waals surface area (Å²) in [6, 6.07) is 4.24. The third kappa shape index (κ3) is 2.83. The maximum Gasteiger partial charge on any atom is 0.175 e. The molecule has 3 rings (SSSR count). The fourth-order valence-electron chi connectivity index (χ4n) is 3.15. The van der Waals surface area contributed by atoms with E-state index in [1.807, 2.05) is 23.0 Å². The maximum atomic E-state index is 4.57. The summed E-state index contributed by atoms with van der Waals surface area (Å²) in [6.45, 7) is 7.89. The second-order valence-corrected chi connectivity index (χ2v) is 6.59. The minimum absolute atomic E-state index is 0.262. The molecule has 0 aliphatic heterocycles. The van der Waals surface area contributed by atoms with E-state index in [-0.39, 0.29) is 5.41 Å². The van der Waals surface area contributed by atoms with Crippen LogP contribution in [0.2, 0.25) is 0 Å². The first-order valence-electron chi connectivity index (χ1n) is 7.69. The molecule has 0 bridgehead atoms. The van der Waals surface area contributed by atoms with Crippen LogP contribution in [0.1, 0.15) is 50.9 Å². The van der Waals surface area contributed by atoms with Crippen LogP contribution in [-0.4, -0.2) is 26.5 Å². The van der Waals surface area contributed by atoms with Gasteiger partial charge in [0.15, 0.2) is 5.82 Å². The van der Waals surface area contributed by atoms with Gasteiger partial charge in [0.2, 0.25) is 0 Å². The zero-order valence-corrected chi connectivity index (χ0v) is 13.0. The highest BCUT2D eigenvalue weighted by Crippen LogP contribution is 2.41. The van der Waals surface area contributed by atoms with E-state index in [1.165, 1.54) is 11.3 Å². The molecule has 0 saturated carbocycles. The average molecular weight is 285 g/mol. The highest BCUT2D eigenvalue weighted by Gasteiger charge is 2.35. The smallest absolute Gasteiger partial charge is 0.175 e. The molecule has 1 aliphatic carbocycles. The first kappa shape index (κ1) is 14.2. The first-order chi connectivity index (χ1) is 10.1. The molecule has 0 saturated heterocycles. The van der Waals surface area contributed by atoms with Gasteiger partial charge in [-0.05, 0) is 43.4 Å². The van der Waals surface area contributed by atoms with Crippen LogP contribution < -0.4 is 5.32 Å². The van der Waals surface area contributed by atoms with E-state index in [0.717, 1.165) is 31.6 Å². The van der Waals surface area contributed by atoms with Crippen molar-refractivity contribution in [1.82, 2.24) is 25.3 Å². The second-order valence-electron chi connectivity index (χ2n) is 6.59. The molecule has 0 radical (unpaired) electrons. The van der Waals surface area contributed by atoms with Gasteiger partial charge >= 0.3 is 0 Å². The molecular formula is C16H23N5. The quantitative estimate of drug-likeness (QED) is 0.938. The molecule has 0 fully saturated rings. The van der Waals surface area contributed by atoms with Gasteiger partial charge in [0.05, 0.1) is 11.9 Å².